The SMILES string of the molecule is CN(N)c1cccc(Br)c1SCc1ccc(Cl)o1. The summed E-state index contributed by atoms with van der Waals surface area (Å²) in [4.78, 5) is 1.08. The van der Waals surface area contributed by atoms with Gasteiger partial charge in [-0.3, -0.25) is 0 Å². The molecule has 96 valence electrons. The van der Waals surface area contributed by atoms with Gasteiger partial charge in [0.05, 0.1) is 11.4 Å². The Morgan fingerprint density at radius 3 is 2.78 bits per heavy atom. The van der Waals surface area contributed by atoms with Gasteiger partial charge in [-0.1, -0.05) is 6.07 Å². The zero-order chi connectivity index (χ0) is 13.1. The molecule has 2 N–H and O–H groups in total. The molecule has 2 aromatic rings. The smallest absolute Gasteiger partial charge is 0.193 e. The van der Waals surface area contributed by atoms with E-state index in [2.05, 4.69) is 15.9 Å². The van der Waals surface area contributed by atoms with Gasteiger partial charge in [0.2, 0.25) is 0 Å². The first-order chi connectivity index (χ1) is 8.58. The molecule has 0 atom stereocenters. The fourth-order valence-electron chi connectivity index (χ4n) is 1.49. The maximum atomic E-state index is 5.81. The van der Waals surface area contributed by atoms with E-state index in [1.54, 1.807) is 22.8 Å². The van der Waals surface area contributed by atoms with Crippen LogP contribution in [0.1, 0.15) is 5.76 Å². The molecule has 3 nitrogen and oxygen atoms in total. The van der Waals surface area contributed by atoms with Crippen molar-refractivity contribution in [2.24, 2.45) is 5.84 Å². The Hall–Kier alpha value is -0.620. The molecule has 0 aliphatic rings. The van der Waals surface area contributed by atoms with Gasteiger partial charge in [-0.15, -0.1) is 11.8 Å². The Labute approximate surface area is 123 Å². The lowest BCUT2D eigenvalue weighted by Crippen LogP contribution is -2.25. The lowest BCUT2D eigenvalue weighted by Gasteiger charge is -2.17. The van der Waals surface area contributed by atoms with Gasteiger partial charge in [-0.2, -0.15) is 0 Å². The molecule has 0 spiro atoms. The average molecular weight is 348 g/mol. The standard InChI is InChI=1S/C12H12BrClN2OS/c1-16(15)10-4-2-3-9(13)12(10)18-7-8-5-6-11(14)17-8/h2-6H,7,15H2,1H3. The summed E-state index contributed by atoms with van der Waals surface area (Å²) in [5.41, 5.74) is 0.965. The highest BCUT2D eigenvalue weighted by Gasteiger charge is 2.10. The molecule has 0 aliphatic heterocycles. The van der Waals surface area contributed by atoms with E-state index in [1.807, 2.05) is 31.3 Å². The van der Waals surface area contributed by atoms with Crippen LogP contribution in [0.3, 0.4) is 0 Å². The number of hydrogen-bond donors (Lipinski definition) is 1. The predicted octanol–water partition coefficient (Wildman–Crippen LogP) is 4.30. The third-order valence-corrected chi connectivity index (χ3v) is 4.59. The average Bonchev–Trinajstić information content (AvgIpc) is 2.73. The second-order valence-electron chi connectivity index (χ2n) is 3.69. The Kier molecular flexibility index (Phi) is 4.61. The summed E-state index contributed by atoms with van der Waals surface area (Å²) in [6.07, 6.45) is 0. The fourth-order valence-corrected chi connectivity index (χ4v) is 3.36. The molecule has 1 heterocycles. The van der Waals surface area contributed by atoms with Crippen LogP contribution in [0.25, 0.3) is 0 Å². The molecule has 0 amide bonds. The first-order valence-corrected chi connectivity index (χ1v) is 7.37. The van der Waals surface area contributed by atoms with Gasteiger partial charge in [0, 0.05) is 16.4 Å². The second-order valence-corrected chi connectivity index (χ2v) is 5.91. The van der Waals surface area contributed by atoms with Gasteiger partial charge in [-0.05, 0) is 51.8 Å². The summed E-state index contributed by atoms with van der Waals surface area (Å²) in [7, 11) is 1.82. The van der Waals surface area contributed by atoms with Crippen molar-refractivity contribution in [2.45, 2.75) is 10.6 Å². The van der Waals surface area contributed by atoms with Crippen LogP contribution in [0.5, 0.6) is 0 Å². The van der Waals surface area contributed by atoms with Crippen molar-refractivity contribution in [3.63, 3.8) is 0 Å². The van der Waals surface area contributed by atoms with Gasteiger partial charge in [0.15, 0.2) is 5.22 Å². The predicted molar refractivity (Wildman–Crippen MR) is 80.0 cm³/mol. The van der Waals surface area contributed by atoms with E-state index in [9.17, 15) is 0 Å². The highest BCUT2D eigenvalue weighted by Crippen LogP contribution is 2.37. The molecule has 1 aromatic heterocycles. The van der Waals surface area contributed by atoms with Gasteiger partial charge in [0.1, 0.15) is 5.76 Å². The van der Waals surface area contributed by atoms with E-state index in [1.165, 1.54) is 0 Å². The van der Waals surface area contributed by atoms with Crippen molar-refractivity contribution in [3.05, 3.63) is 45.8 Å². The minimum atomic E-state index is 0.411. The summed E-state index contributed by atoms with van der Waals surface area (Å²) < 4.78 is 6.34. The Morgan fingerprint density at radius 1 is 1.39 bits per heavy atom. The van der Waals surface area contributed by atoms with Crippen LogP contribution in [0.2, 0.25) is 5.22 Å². The molecular weight excluding hydrogens is 336 g/mol. The fraction of sp³-hybridized carbons (Fsp3) is 0.167. The van der Waals surface area contributed by atoms with Crippen molar-refractivity contribution >= 4 is 45.0 Å². The molecule has 2 rings (SSSR count). The van der Waals surface area contributed by atoms with Crippen LogP contribution >= 0.6 is 39.3 Å². The van der Waals surface area contributed by atoms with Crippen molar-refractivity contribution < 1.29 is 4.42 Å². The Bertz CT molecular complexity index is 545. The van der Waals surface area contributed by atoms with Crippen molar-refractivity contribution in [1.82, 2.24) is 0 Å². The first-order valence-electron chi connectivity index (χ1n) is 5.22. The Morgan fingerprint density at radius 2 is 2.17 bits per heavy atom. The summed E-state index contributed by atoms with van der Waals surface area (Å²) in [6, 6.07) is 9.54. The number of hydrazine groups is 1. The first kappa shape index (κ1) is 13.8. The highest BCUT2D eigenvalue weighted by molar-refractivity contribution is 9.10. The molecule has 0 saturated heterocycles. The van der Waals surface area contributed by atoms with Gasteiger partial charge in [-0.25, -0.2) is 5.84 Å². The van der Waals surface area contributed by atoms with E-state index >= 15 is 0 Å². The maximum absolute atomic E-state index is 5.81. The second kappa shape index (κ2) is 6.02. The molecule has 6 heteroatoms. The number of halogens is 2. The van der Waals surface area contributed by atoms with Gasteiger partial charge >= 0.3 is 0 Å². The zero-order valence-corrected chi connectivity index (χ0v) is 12.8. The number of nitrogens with two attached hydrogens (primary N) is 1. The van der Waals surface area contributed by atoms with Crippen LogP contribution in [0.4, 0.5) is 5.69 Å². The van der Waals surface area contributed by atoms with Gasteiger partial charge in [0.25, 0.3) is 0 Å². The summed E-state index contributed by atoms with van der Waals surface area (Å²) in [5, 5.41) is 2.01. The van der Waals surface area contributed by atoms with E-state index in [4.69, 9.17) is 21.9 Å². The number of anilines is 1. The Balaban J connectivity index is 2.18. The maximum Gasteiger partial charge on any atom is 0.193 e. The summed E-state index contributed by atoms with van der Waals surface area (Å²) >= 11 is 10.9. The monoisotopic (exact) mass is 346 g/mol. The largest absolute Gasteiger partial charge is 0.449 e. The third kappa shape index (κ3) is 3.23. The zero-order valence-electron chi connectivity index (χ0n) is 9.69. The van der Waals surface area contributed by atoms with Crippen LogP contribution in [-0.4, -0.2) is 7.05 Å². The molecule has 1 aromatic carbocycles. The molecule has 0 unspecified atom stereocenters. The minimum Gasteiger partial charge on any atom is -0.449 e. The quantitative estimate of drug-likeness (QED) is 0.509. The lowest BCUT2D eigenvalue weighted by molar-refractivity contribution is 0.532. The molecule has 0 radical (unpaired) electrons. The summed E-state index contributed by atoms with van der Waals surface area (Å²) in [5.74, 6) is 7.35. The number of nitrogens with zero attached hydrogens (tertiary/aromatic N) is 1. The van der Waals surface area contributed by atoms with Crippen molar-refractivity contribution in [3.8, 4) is 0 Å². The van der Waals surface area contributed by atoms with E-state index in [-0.39, 0.29) is 0 Å². The number of benzene rings is 1. The molecule has 0 fully saturated rings. The topological polar surface area (TPSA) is 42.4 Å². The van der Waals surface area contributed by atoms with E-state index < -0.39 is 0 Å². The minimum absolute atomic E-state index is 0.411. The van der Waals surface area contributed by atoms with Crippen LogP contribution in [0, 0.1) is 0 Å². The summed E-state index contributed by atoms with van der Waals surface area (Å²) in [6.45, 7) is 0. The van der Waals surface area contributed by atoms with E-state index in [0.29, 0.717) is 11.0 Å². The number of hydrogen-bond acceptors (Lipinski definition) is 4. The van der Waals surface area contributed by atoms with E-state index in [0.717, 1.165) is 20.8 Å². The van der Waals surface area contributed by atoms with Crippen LogP contribution in [0.15, 0.2) is 44.1 Å². The molecule has 0 aliphatic carbocycles. The van der Waals surface area contributed by atoms with Gasteiger partial charge < -0.3 is 9.43 Å². The number of thioether (sulfide) groups is 1. The number of rotatable bonds is 4. The molecule has 0 saturated carbocycles. The normalized spacial score (nSPS) is 10.7. The van der Waals surface area contributed by atoms with Crippen LogP contribution < -0.4 is 10.9 Å². The number of furan rings is 1. The molecular formula is C12H12BrClN2OS. The van der Waals surface area contributed by atoms with Crippen molar-refractivity contribution in [1.29, 1.82) is 0 Å². The third-order valence-electron chi connectivity index (χ3n) is 2.31. The lowest BCUT2D eigenvalue weighted by atomic mass is 10.3. The molecule has 0 bridgehead atoms. The highest BCUT2D eigenvalue weighted by atomic mass is 79.9. The molecule has 18 heavy (non-hydrogen) atoms. The van der Waals surface area contributed by atoms with Crippen molar-refractivity contribution in [2.75, 3.05) is 12.1 Å². The van der Waals surface area contributed by atoms with Crippen LogP contribution in [-0.2, 0) is 5.75 Å².